The minimum absolute atomic E-state index is 0.0643. The van der Waals surface area contributed by atoms with E-state index < -0.39 is 0 Å². The highest BCUT2D eigenvalue weighted by molar-refractivity contribution is 5.97. The normalized spacial score (nSPS) is 17.6. The molecule has 5 nitrogen and oxygen atoms in total. The van der Waals surface area contributed by atoms with E-state index in [9.17, 15) is 20.1 Å². The van der Waals surface area contributed by atoms with E-state index >= 15 is 0 Å². The number of carbonyl (C=O) groups excluding carboxylic acids is 1. The maximum Gasteiger partial charge on any atom is 0.255 e. The molecular formula is C15H21NO4. The van der Waals surface area contributed by atoms with Gasteiger partial charge in [-0.15, -0.1) is 0 Å². The van der Waals surface area contributed by atoms with Crippen LogP contribution in [0.5, 0.6) is 11.5 Å². The maximum atomic E-state index is 12.0. The predicted octanol–water partition coefficient (Wildman–Crippen LogP) is 1.77. The molecule has 4 N–H and O–H groups in total. The molecule has 1 amide bonds. The molecule has 1 aromatic carbocycles. The predicted molar refractivity (Wildman–Crippen MR) is 74.7 cm³/mol. The first-order valence-electron chi connectivity index (χ1n) is 6.97. The van der Waals surface area contributed by atoms with Crippen molar-refractivity contribution in [2.24, 2.45) is 5.41 Å². The highest BCUT2D eigenvalue weighted by Gasteiger charge is 2.31. The molecule has 1 aliphatic carbocycles. The first-order chi connectivity index (χ1) is 9.56. The van der Waals surface area contributed by atoms with Gasteiger partial charge in [-0.05, 0) is 25.0 Å². The van der Waals surface area contributed by atoms with Crippen molar-refractivity contribution in [2.45, 2.75) is 32.1 Å². The van der Waals surface area contributed by atoms with Crippen LogP contribution in [0.3, 0.4) is 0 Å². The van der Waals surface area contributed by atoms with Crippen molar-refractivity contribution in [1.82, 2.24) is 5.32 Å². The summed E-state index contributed by atoms with van der Waals surface area (Å²) < 4.78 is 0. The van der Waals surface area contributed by atoms with E-state index in [1.54, 1.807) is 0 Å². The van der Waals surface area contributed by atoms with Gasteiger partial charge < -0.3 is 20.6 Å². The van der Waals surface area contributed by atoms with Crippen molar-refractivity contribution in [3.05, 3.63) is 23.8 Å². The molecule has 0 bridgehead atoms. The molecule has 0 radical (unpaired) electrons. The average molecular weight is 279 g/mol. The fourth-order valence-electron chi connectivity index (χ4n) is 2.77. The van der Waals surface area contributed by atoms with E-state index in [1.165, 1.54) is 18.6 Å². The molecule has 110 valence electrons. The second-order valence-electron chi connectivity index (χ2n) is 5.60. The Labute approximate surface area is 118 Å². The zero-order chi connectivity index (χ0) is 14.6. The molecule has 1 saturated carbocycles. The Hall–Kier alpha value is -1.75. The van der Waals surface area contributed by atoms with Gasteiger partial charge in [-0.1, -0.05) is 19.3 Å². The first-order valence-corrected chi connectivity index (χ1v) is 6.97. The van der Waals surface area contributed by atoms with Crippen LogP contribution in [0.1, 0.15) is 42.5 Å². The summed E-state index contributed by atoms with van der Waals surface area (Å²) >= 11 is 0. The zero-order valence-electron chi connectivity index (χ0n) is 11.4. The number of hydrogen-bond acceptors (Lipinski definition) is 4. The monoisotopic (exact) mass is 279 g/mol. The minimum Gasteiger partial charge on any atom is -0.508 e. The van der Waals surface area contributed by atoms with Gasteiger partial charge in [-0.25, -0.2) is 0 Å². The summed E-state index contributed by atoms with van der Waals surface area (Å²) in [7, 11) is 0. The topological polar surface area (TPSA) is 89.8 Å². The molecule has 5 heteroatoms. The molecule has 0 aromatic heterocycles. The standard InChI is InChI=1S/C15H21NO4/c17-10-15(6-2-1-3-7-15)9-16-14(20)12-5-4-11(18)8-13(12)19/h4-5,8,17-19H,1-3,6-7,9-10H2,(H,16,20). The molecular weight excluding hydrogens is 258 g/mol. The number of aromatic hydroxyl groups is 2. The third kappa shape index (κ3) is 3.22. The van der Waals surface area contributed by atoms with E-state index in [4.69, 9.17) is 0 Å². The van der Waals surface area contributed by atoms with E-state index in [1.807, 2.05) is 0 Å². The van der Waals surface area contributed by atoms with Crippen LogP contribution >= 0.6 is 0 Å². The number of carbonyl (C=O) groups is 1. The molecule has 0 unspecified atom stereocenters. The van der Waals surface area contributed by atoms with Gasteiger partial charge in [0.2, 0.25) is 0 Å². The third-order valence-electron chi connectivity index (χ3n) is 4.10. The van der Waals surface area contributed by atoms with Crippen molar-refractivity contribution in [2.75, 3.05) is 13.2 Å². The number of aliphatic hydroxyl groups is 1. The van der Waals surface area contributed by atoms with Gasteiger partial charge in [0, 0.05) is 18.0 Å². The number of nitrogens with one attached hydrogen (secondary N) is 1. The van der Waals surface area contributed by atoms with Crippen LogP contribution in [-0.4, -0.2) is 34.4 Å². The van der Waals surface area contributed by atoms with Gasteiger partial charge in [0.15, 0.2) is 0 Å². The van der Waals surface area contributed by atoms with Crippen molar-refractivity contribution < 1.29 is 20.1 Å². The number of rotatable bonds is 4. The lowest BCUT2D eigenvalue weighted by molar-refractivity contribution is 0.0717. The average Bonchev–Trinajstić information content (AvgIpc) is 2.46. The van der Waals surface area contributed by atoms with Crippen LogP contribution in [0.15, 0.2) is 18.2 Å². The molecule has 0 saturated heterocycles. The fourth-order valence-corrected chi connectivity index (χ4v) is 2.77. The van der Waals surface area contributed by atoms with E-state index in [0.717, 1.165) is 31.7 Å². The maximum absolute atomic E-state index is 12.0. The summed E-state index contributed by atoms with van der Waals surface area (Å²) in [6, 6.07) is 3.88. The second-order valence-corrected chi connectivity index (χ2v) is 5.60. The number of amides is 1. The molecule has 1 aliphatic rings. The van der Waals surface area contributed by atoms with Gasteiger partial charge >= 0.3 is 0 Å². The van der Waals surface area contributed by atoms with Crippen molar-refractivity contribution >= 4 is 5.91 Å². The summed E-state index contributed by atoms with van der Waals surface area (Å²) in [6.45, 7) is 0.470. The SMILES string of the molecule is O=C(NCC1(CO)CCCCC1)c1ccc(O)cc1O. The van der Waals surface area contributed by atoms with Gasteiger partial charge in [0.05, 0.1) is 12.2 Å². The van der Waals surface area contributed by atoms with Crippen LogP contribution in [0.4, 0.5) is 0 Å². The van der Waals surface area contributed by atoms with Gasteiger partial charge in [-0.2, -0.15) is 0 Å². The zero-order valence-corrected chi connectivity index (χ0v) is 11.4. The molecule has 0 aliphatic heterocycles. The molecule has 0 atom stereocenters. The second kappa shape index (κ2) is 6.13. The van der Waals surface area contributed by atoms with Crippen molar-refractivity contribution in [3.63, 3.8) is 0 Å². The molecule has 2 rings (SSSR count). The Morgan fingerprint density at radius 3 is 2.50 bits per heavy atom. The Morgan fingerprint density at radius 1 is 1.20 bits per heavy atom. The van der Waals surface area contributed by atoms with Crippen LogP contribution in [0, 0.1) is 5.41 Å². The number of phenols is 2. The lowest BCUT2D eigenvalue weighted by Crippen LogP contribution is -2.41. The first kappa shape index (κ1) is 14.7. The van der Waals surface area contributed by atoms with Crippen molar-refractivity contribution in [1.29, 1.82) is 0 Å². The van der Waals surface area contributed by atoms with Gasteiger partial charge in [0.25, 0.3) is 5.91 Å². The largest absolute Gasteiger partial charge is 0.508 e. The Kier molecular flexibility index (Phi) is 4.49. The number of aliphatic hydroxyl groups excluding tert-OH is 1. The molecule has 20 heavy (non-hydrogen) atoms. The molecule has 1 aromatic rings. The summed E-state index contributed by atoms with van der Waals surface area (Å²) in [5.41, 5.74) is -0.104. The van der Waals surface area contributed by atoms with E-state index in [2.05, 4.69) is 5.32 Å². The van der Waals surface area contributed by atoms with Gasteiger partial charge in [-0.3, -0.25) is 4.79 Å². The summed E-state index contributed by atoms with van der Waals surface area (Å²) in [5.74, 6) is -0.719. The van der Waals surface area contributed by atoms with Crippen molar-refractivity contribution in [3.8, 4) is 11.5 Å². The third-order valence-corrected chi connectivity index (χ3v) is 4.10. The summed E-state index contributed by atoms with van der Waals surface area (Å²) in [6.07, 6.45) is 5.13. The lowest BCUT2D eigenvalue weighted by Gasteiger charge is -2.35. The van der Waals surface area contributed by atoms with Crippen LogP contribution in [0.2, 0.25) is 0 Å². The quantitative estimate of drug-likeness (QED) is 0.676. The summed E-state index contributed by atoms with van der Waals surface area (Å²) in [5, 5.41) is 31.2. The Balaban J connectivity index is 2.00. The minimum atomic E-state index is -0.388. The lowest BCUT2D eigenvalue weighted by atomic mass is 9.74. The smallest absolute Gasteiger partial charge is 0.255 e. The van der Waals surface area contributed by atoms with E-state index in [-0.39, 0.29) is 35.0 Å². The number of benzene rings is 1. The van der Waals surface area contributed by atoms with Crippen LogP contribution in [0.25, 0.3) is 0 Å². The number of hydrogen-bond donors (Lipinski definition) is 4. The fraction of sp³-hybridized carbons (Fsp3) is 0.533. The highest BCUT2D eigenvalue weighted by Crippen LogP contribution is 2.35. The Morgan fingerprint density at radius 2 is 1.90 bits per heavy atom. The molecule has 1 fully saturated rings. The highest BCUT2D eigenvalue weighted by atomic mass is 16.3. The molecule has 0 spiro atoms. The molecule has 0 heterocycles. The van der Waals surface area contributed by atoms with E-state index in [0.29, 0.717) is 6.54 Å². The van der Waals surface area contributed by atoms with Crippen LogP contribution < -0.4 is 5.32 Å². The van der Waals surface area contributed by atoms with Crippen LogP contribution in [-0.2, 0) is 0 Å². The number of phenolic OH excluding ortho intramolecular Hbond substituents is 2. The van der Waals surface area contributed by atoms with Gasteiger partial charge in [0.1, 0.15) is 11.5 Å². The Bertz CT molecular complexity index is 481. The summed E-state index contributed by atoms with van der Waals surface area (Å²) in [4.78, 5) is 12.0.